The summed E-state index contributed by atoms with van der Waals surface area (Å²) in [6.45, 7) is 2.23. The molecule has 6 heteroatoms. The minimum Gasteiger partial charge on any atom is -0.464 e. The summed E-state index contributed by atoms with van der Waals surface area (Å²) in [5.74, 6) is 5.10. The van der Waals surface area contributed by atoms with Gasteiger partial charge in [0.1, 0.15) is 6.61 Å². The highest BCUT2D eigenvalue weighted by Crippen LogP contribution is 2.12. The number of fused-ring (bicyclic) bond motifs is 1. The van der Waals surface area contributed by atoms with Crippen LogP contribution in [0.4, 0.5) is 0 Å². The van der Waals surface area contributed by atoms with E-state index in [1.165, 1.54) is 5.56 Å². The third-order valence-electron chi connectivity index (χ3n) is 2.45. The van der Waals surface area contributed by atoms with Crippen molar-refractivity contribution in [2.24, 2.45) is 5.84 Å². The summed E-state index contributed by atoms with van der Waals surface area (Å²) in [7, 11) is 0. The zero-order valence-corrected chi connectivity index (χ0v) is 9.64. The molecule has 1 aliphatic heterocycles. The molecule has 0 aromatic carbocycles. The van der Waals surface area contributed by atoms with Gasteiger partial charge in [0.15, 0.2) is 0 Å². The second kappa shape index (κ2) is 5.20. The van der Waals surface area contributed by atoms with Gasteiger partial charge in [-0.05, 0) is 23.8 Å². The van der Waals surface area contributed by atoms with Gasteiger partial charge in [-0.1, -0.05) is 6.07 Å². The van der Waals surface area contributed by atoms with Crippen LogP contribution in [-0.2, 0) is 24.3 Å². The molecule has 0 saturated heterocycles. The van der Waals surface area contributed by atoms with Gasteiger partial charge in [0, 0.05) is 25.2 Å². The predicted octanol–water partition coefficient (Wildman–Crippen LogP) is -0.00790. The fourth-order valence-electron chi connectivity index (χ4n) is 1.64. The number of pyridine rings is 1. The van der Waals surface area contributed by atoms with Crippen molar-refractivity contribution in [1.29, 1.82) is 0 Å². The summed E-state index contributed by atoms with van der Waals surface area (Å²) in [4.78, 5) is 4.53. The van der Waals surface area contributed by atoms with Crippen molar-refractivity contribution >= 4 is 17.4 Å². The molecular formula is C10H14N4OS. The first-order chi connectivity index (χ1) is 7.79. The molecule has 4 N–H and O–H groups in total. The molecule has 5 nitrogen and oxygen atoms in total. The minimum atomic E-state index is 0.182. The summed E-state index contributed by atoms with van der Waals surface area (Å²) in [6.07, 6.45) is 0.961. The molecule has 16 heavy (non-hydrogen) atoms. The number of nitrogens with one attached hydrogen (secondary N) is 2. The smallest absolute Gasteiger partial charge is 0.271 e. The van der Waals surface area contributed by atoms with Crippen LogP contribution in [0, 0.1) is 0 Å². The predicted molar refractivity (Wildman–Crippen MR) is 64.4 cm³/mol. The van der Waals surface area contributed by atoms with Crippen LogP contribution in [0.15, 0.2) is 12.1 Å². The molecule has 0 fully saturated rings. The largest absolute Gasteiger partial charge is 0.464 e. The molecule has 1 aromatic heterocycles. The number of ether oxygens (including phenoxy) is 1. The van der Waals surface area contributed by atoms with Gasteiger partial charge in [-0.15, -0.1) is 0 Å². The summed E-state index contributed by atoms with van der Waals surface area (Å²) < 4.78 is 5.19. The van der Waals surface area contributed by atoms with Gasteiger partial charge < -0.3 is 10.1 Å². The summed E-state index contributed by atoms with van der Waals surface area (Å²) in [5.41, 5.74) is 5.55. The fourth-order valence-corrected chi connectivity index (χ4v) is 1.70. The highest BCUT2D eigenvalue weighted by molar-refractivity contribution is 7.80. The standard InChI is InChI=1S/C10H14N4OS/c11-14-10(16)15-6-8-2-1-7-5-12-4-3-9(7)13-8/h1-2,12H,3-6,11H2,(H,14,16). The number of aromatic nitrogens is 1. The molecule has 86 valence electrons. The van der Waals surface area contributed by atoms with Gasteiger partial charge in [0.05, 0.1) is 5.69 Å². The highest BCUT2D eigenvalue weighted by atomic mass is 32.1. The molecule has 2 heterocycles. The van der Waals surface area contributed by atoms with Crippen molar-refractivity contribution in [2.45, 2.75) is 19.6 Å². The molecule has 0 atom stereocenters. The highest BCUT2D eigenvalue weighted by Gasteiger charge is 2.10. The average Bonchev–Trinajstić information content (AvgIpc) is 2.35. The first-order valence-corrected chi connectivity index (χ1v) is 5.52. The molecule has 0 aliphatic carbocycles. The molecule has 0 amide bonds. The number of hydrogen-bond donors (Lipinski definition) is 3. The Bertz CT molecular complexity index is 396. The normalized spacial score (nSPS) is 14.1. The first-order valence-electron chi connectivity index (χ1n) is 5.11. The number of thiocarbonyl (C=S) groups is 1. The Morgan fingerprint density at radius 1 is 1.62 bits per heavy atom. The lowest BCUT2D eigenvalue weighted by atomic mass is 10.1. The Morgan fingerprint density at radius 2 is 2.50 bits per heavy atom. The van der Waals surface area contributed by atoms with E-state index in [0.717, 1.165) is 30.9 Å². The first kappa shape index (κ1) is 11.3. The fraction of sp³-hybridized carbons (Fsp3) is 0.400. The Morgan fingerprint density at radius 3 is 3.31 bits per heavy atom. The zero-order valence-electron chi connectivity index (χ0n) is 8.82. The van der Waals surface area contributed by atoms with Crippen molar-refractivity contribution in [3.63, 3.8) is 0 Å². The van der Waals surface area contributed by atoms with Gasteiger partial charge in [-0.25, -0.2) is 5.84 Å². The molecule has 0 radical (unpaired) electrons. The van der Waals surface area contributed by atoms with Gasteiger partial charge >= 0.3 is 0 Å². The van der Waals surface area contributed by atoms with Gasteiger partial charge in [-0.3, -0.25) is 10.4 Å². The van der Waals surface area contributed by atoms with E-state index in [1.807, 2.05) is 6.07 Å². The van der Waals surface area contributed by atoms with E-state index >= 15 is 0 Å². The second-order valence-corrected chi connectivity index (χ2v) is 3.93. The zero-order chi connectivity index (χ0) is 11.4. The van der Waals surface area contributed by atoms with E-state index in [1.54, 1.807) is 0 Å². The van der Waals surface area contributed by atoms with Crippen LogP contribution in [0.3, 0.4) is 0 Å². The van der Waals surface area contributed by atoms with E-state index in [2.05, 4.69) is 21.8 Å². The molecule has 0 spiro atoms. The number of rotatable bonds is 2. The number of hydrogen-bond acceptors (Lipinski definition) is 5. The van der Waals surface area contributed by atoms with Crippen LogP contribution in [0.1, 0.15) is 17.0 Å². The monoisotopic (exact) mass is 238 g/mol. The quantitative estimate of drug-likeness (QED) is 0.382. The Labute approximate surface area is 99.4 Å². The van der Waals surface area contributed by atoms with Crippen LogP contribution in [0.2, 0.25) is 0 Å². The molecule has 1 aromatic rings. The molecular weight excluding hydrogens is 224 g/mol. The lowest BCUT2D eigenvalue weighted by Crippen LogP contribution is -2.30. The second-order valence-electron chi connectivity index (χ2n) is 3.56. The number of nitrogens with zero attached hydrogens (tertiary/aromatic N) is 1. The van der Waals surface area contributed by atoms with E-state index in [4.69, 9.17) is 22.8 Å². The SMILES string of the molecule is NNC(=S)OCc1ccc2c(n1)CCNC2. The third-order valence-corrected chi connectivity index (χ3v) is 2.68. The summed E-state index contributed by atoms with van der Waals surface area (Å²) >= 11 is 4.78. The molecule has 2 rings (SSSR count). The topological polar surface area (TPSA) is 72.2 Å². The third kappa shape index (κ3) is 2.66. The van der Waals surface area contributed by atoms with Crippen LogP contribution < -0.4 is 16.6 Å². The van der Waals surface area contributed by atoms with Crippen LogP contribution in [-0.4, -0.2) is 16.7 Å². The lowest BCUT2D eigenvalue weighted by molar-refractivity contribution is 0.282. The minimum absolute atomic E-state index is 0.182. The Balaban J connectivity index is 2.03. The number of hydrazine groups is 1. The molecule has 1 aliphatic rings. The molecule has 0 unspecified atom stereocenters. The van der Waals surface area contributed by atoms with Crippen molar-refractivity contribution in [3.05, 3.63) is 29.1 Å². The van der Waals surface area contributed by atoms with E-state index in [0.29, 0.717) is 6.61 Å². The van der Waals surface area contributed by atoms with Crippen LogP contribution in [0.25, 0.3) is 0 Å². The maximum Gasteiger partial charge on any atom is 0.271 e. The van der Waals surface area contributed by atoms with Crippen molar-refractivity contribution < 1.29 is 4.74 Å². The Kier molecular flexibility index (Phi) is 3.66. The van der Waals surface area contributed by atoms with E-state index in [9.17, 15) is 0 Å². The maximum absolute atomic E-state index is 5.19. The maximum atomic E-state index is 5.19. The van der Waals surface area contributed by atoms with Crippen molar-refractivity contribution in [3.8, 4) is 0 Å². The van der Waals surface area contributed by atoms with Gasteiger partial charge in [-0.2, -0.15) is 0 Å². The lowest BCUT2D eigenvalue weighted by Gasteiger charge is -2.16. The van der Waals surface area contributed by atoms with E-state index in [-0.39, 0.29) is 5.17 Å². The van der Waals surface area contributed by atoms with E-state index < -0.39 is 0 Å². The Hall–Kier alpha value is -1.24. The van der Waals surface area contributed by atoms with Crippen molar-refractivity contribution in [1.82, 2.24) is 15.7 Å². The van der Waals surface area contributed by atoms with Crippen LogP contribution >= 0.6 is 12.2 Å². The summed E-state index contributed by atoms with van der Waals surface area (Å²) in [5, 5.41) is 3.48. The van der Waals surface area contributed by atoms with Gasteiger partial charge in [0.2, 0.25) is 0 Å². The molecule has 0 bridgehead atoms. The van der Waals surface area contributed by atoms with Gasteiger partial charge in [0.25, 0.3) is 5.17 Å². The molecule has 0 saturated carbocycles. The van der Waals surface area contributed by atoms with Crippen molar-refractivity contribution in [2.75, 3.05) is 6.54 Å². The van der Waals surface area contributed by atoms with Crippen LogP contribution in [0.5, 0.6) is 0 Å². The number of nitrogens with two attached hydrogens (primary N) is 1. The summed E-state index contributed by atoms with van der Waals surface area (Å²) in [6, 6.07) is 4.02. The average molecular weight is 238 g/mol.